The minimum absolute atomic E-state index is 0.171. The van der Waals surface area contributed by atoms with Gasteiger partial charge in [-0.1, -0.05) is 53.0 Å². The van der Waals surface area contributed by atoms with E-state index in [1.165, 1.54) is 0 Å². The van der Waals surface area contributed by atoms with Crippen LogP contribution < -0.4 is 5.73 Å². The molecule has 0 saturated carbocycles. The third-order valence-electron chi connectivity index (χ3n) is 2.61. The summed E-state index contributed by atoms with van der Waals surface area (Å²) in [5, 5.41) is 1.78. The van der Waals surface area contributed by atoms with Crippen molar-refractivity contribution >= 4 is 46.6 Å². The van der Waals surface area contributed by atoms with E-state index in [-0.39, 0.29) is 6.04 Å². The van der Waals surface area contributed by atoms with Crippen molar-refractivity contribution in [1.82, 2.24) is 0 Å². The number of hydrogen-bond acceptors (Lipinski definition) is 2. The van der Waals surface area contributed by atoms with Gasteiger partial charge in [0.15, 0.2) is 0 Å². The van der Waals surface area contributed by atoms with Gasteiger partial charge < -0.3 is 5.73 Å². The molecule has 19 heavy (non-hydrogen) atoms. The molecular formula is C14H12Cl3NS. The van der Waals surface area contributed by atoms with E-state index in [2.05, 4.69) is 0 Å². The third kappa shape index (κ3) is 4.04. The summed E-state index contributed by atoms with van der Waals surface area (Å²) >= 11 is 19.7. The zero-order chi connectivity index (χ0) is 13.8. The average Bonchev–Trinajstić information content (AvgIpc) is 2.39. The van der Waals surface area contributed by atoms with Crippen LogP contribution in [0, 0.1) is 0 Å². The van der Waals surface area contributed by atoms with Gasteiger partial charge in [0, 0.05) is 21.7 Å². The molecule has 0 aliphatic heterocycles. The van der Waals surface area contributed by atoms with Gasteiger partial charge in [-0.3, -0.25) is 0 Å². The SMILES string of the molecule is NC(CSc1cccc(Cl)c1)c1cccc(Cl)c1Cl. The smallest absolute Gasteiger partial charge is 0.0640 e. The average molecular weight is 333 g/mol. The van der Waals surface area contributed by atoms with E-state index in [0.29, 0.717) is 15.8 Å². The largest absolute Gasteiger partial charge is 0.323 e. The molecule has 2 N–H and O–H groups in total. The molecule has 2 aromatic carbocycles. The van der Waals surface area contributed by atoms with Gasteiger partial charge >= 0.3 is 0 Å². The molecule has 0 radical (unpaired) electrons. The van der Waals surface area contributed by atoms with Crippen molar-refractivity contribution in [2.75, 3.05) is 5.75 Å². The second kappa shape index (κ2) is 6.87. The highest BCUT2D eigenvalue weighted by molar-refractivity contribution is 7.99. The number of thioether (sulfide) groups is 1. The number of nitrogens with two attached hydrogens (primary N) is 1. The van der Waals surface area contributed by atoms with Gasteiger partial charge in [0.25, 0.3) is 0 Å². The first-order chi connectivity index (χ1) is 9.08. The Bertz CT molecular complexity index is 574. The fourth-order valence-electron chi connectivity index (χ4n) is 1.64. The molecule has 1 unspecified atom stereocenters. The van der Waals surface area contributed by atoms with Crippen molar-refractivity contribution in [2.45, 2.75) is 10.9 Å². The highest BCUT2D eigenvalue weighted by Crippen LogP contribution is 2.32. The maximum atomic E-state index is 6.15. The lowest BCUT2D eigenvalue weighted by Gasteiger charge is -2.14. The number of hydrogen-bond donors (Lipinski definition) is 1. The van der Waals surface area contributed by atoms with Crippen molar-refractivity contribution in [3.63, 3.8) is 0 Å². The lowest BCUT2D eigenvalue weighted by molar-refractivity contribution is 0.831. The van der Waals surface area contributed by atoms with Gasteiger partial charge in [-0.2, -0.15) is 0 Å². The van der Waals surface area contributed by atoms with Crippen LogP contribution in [0.4, 0.5) is 0 Å². The minimum Gasteiger partial charge on any atom is -0.323 e. The Morgan fingerprint density at radius 1 is 1.05 bits per heavy atom. The van der Waals surface area contributed by atoms with Crippen LogP contribution in [0.1, 0.15) is 11.6 Å². The lowest BCUT2D eigenvalue weighted by atomic mass is 10.1. The van der Waals surface area contributed by atoms with E-state index in [4.69, 9.17) is 40.5 Å². The van der Waals surface area contributed by atoms with E-state index < -0.39 is 0 Å². The zero-order valence-corrected chi connectivity index (χ0v) is 13.0. The van der Waals surface area contributed by atoms with Crippen LogP contribution in [0.25, 0.3) is 0 Å². The van der Waals surface area contributed by atoms with Crippen molar-refractivity contribution in [1.29, 1.82) is 0 Å². The summed E-state index contributed by atoms with van der Waals surface area (Å²) in [6.45, 7) is 0. The van der Waals surface area contributed by atoms with Crippen molar-refractivity contribution in [2.24, 2.45) is 5.73 Å². The van der Waals surface area contributed by atoms with Crippen LogP contribution in [-0.4, -0.2) is 5.75 Å². The van der Waals surface area contributed by atoms with Crippen LogP contribution in [0.2, 0.25) is 15.1 Å². The monoisotopic (exact) mass is 331 g/mol. The second-order valence-electron chi connectivity index (χ2n) is 4.02. The summed E-state index contributed by atoms with van der Waals surface area (Å²) in [5.74, 6) is 0.709. The molecule has 0 bridgehead atoms. The summed E-state index contributed by atoms with van der Waals surface area (Å²) < 4.78 is 0. The number of halogens is 3. The standard InChI is InChI=1S/C14H12Cl3NS/c15-9-3-1-4-10(7-9)19-8-13(18)11-5-2-6-12(16)14(11)17/h1-7,13H,8,18H2. The van der Waals surface area contributed by atoms with E-state index in [1.807, 2.05) is 36.4 Å². The molecule has 0 amide bonds. The zero-order valence-electron chi connectivity index (χ0n) is 9.95. The molecule has 0 aliphatic rings. The molecule has 0 spiro atoms. The third-order valence-corrected chi connectivity index (χ3v) is 4.79. The van der Waals surface area contributed by atoms with E-state index >= 15 is 0 Å². The summed E-state index contributed by atoms with van der Waals surface area (Å²) in [5.41, 5.74) is 7.02. The van der Waals surface area contributed by atoms with E-state index in [0.717, 1.165) is 15.5 Å². The van der Waals surface area contributed by atoms with E-state index in [9.17, 15) is 0 Å². The number of rotatable bonds is 4. The molecule has 0 heterocycles. The fraction of sp³-hybridized carbons (Fsp3) is 0.143. The normalized spacial score (nSPS) is 12.4. The van der Waals surface area contributed by atoms with Crippen molar-refractivity contribution in [3.05, 3.63) is 63.1 Å². The second-order valence-corrected chi connectivity index (χ2v) is 6.33. The summed E-state index contributed by atoms with van der Waals surface area (Å²) in [6, 6.07) is 13.0. The van der Waals surface area contributed by atoms with Crippen LogP contribution in [0.3, 0.4) is 0 Å². The summed E-state index contributed by atoms with van der Waals surface area (Å²) in [7, 11) is 0. The Kier molecular flexibility index (Phi) is 5.43. The Morgan fingerprint density at radius 3 is 2.53 bits per heavy atom. The Labute approximate surface area is 132 Å². The highest BCUT2D eigenvalue weighted by atomic mass is 35.5. The Morgan fingerprint density at radius 2 is 1.79 bits per heavy atom. The van der Waals surface area contributed by atoms with Gasteiger partial charge in [-0.25, -0.2) is 0 Å². The van der Waals surface area contributed by atoms with Gasteiger partial charge in [0.05, 0.1) is 10.0 Å². The lowest BCUT2D eigenvalue weighted by Crippen LogP contribution is -2.13. The first kappa shape index (κ1) is 15.0. The first-order valence-corrected chi connectivity index (χ1v) is 7.77. The Hall–Kier alpha value is -0.380. The molecule has 100 valence electrons. The predicted molar refractivity (Wildman–Crippen MR) is 85.6 cm³/mol. The molecule has 5 heteroatoms. The topological polar surface area (TPSA) is 26.0 Å². The molecule has 1 atom stereocenters. The minimum atomic E-state index is -0.171. The highest BCUT2D eigenvalue weighted by Gasteiger charge is 2.12. The summed E-state index contributed by atoms with van der Waals surface area (Å²) in [6.07, 6.45) is 0. The molecule has 2 aromatic rings. The van der Waals surface area contributed by atoms with E-state index in [1.54, 1.807) is 17.8 Å². The molecule has 0 saturated heterocycles. The van der Waals surface area contributed by atoms with Crippen LogP contribution in [-0.2, 0) is 0 Å². The van der Waals surface area contributed by atoms with Crippen LogP contribution in [0.5, 0.6) is 0 Å². The van der Waals surface area contributed by atoms with Gasteiger partial charge in [0.2, 0.25) is 0 Å². The molecular weight excluding hydrogens is 321 g/mol. The van der Waals surface area contributed by atoms with Gasteiger partial charge in [-0.05, 0) is 29.8 Å². The van der Waals surface area contributed by atoms with Gasteiger partial charge in [-0.15, -0.1) is 11.8 Å². The number of benzene rings is 2. The van der Waals surface area contributed by atoms with Crippen molar-refractivity contribution in [3.8, 4) is 0 Å². The molecule has 2 rings (SSSR count). The van der Waals surface area contributed by atoms with Crippen LogP contribution in [0.15, 0.2) is 47.4 Å². The first-order valence-electron chi connectivity index (χ1n) is 5.66. The predicted octanol–water partition coefficient (Wildman–Crippen LogP) is 5.44. The molecule has 1 nitrogen and oxygen atoms in total. The van der Waals surface area contributed by atoms with Crippen molar-refractivity contribution < 1.29 is 0 Å². The summed E-state index contributed by atoms with van der Waals surface area (Å²) in [4.78, 5) is 1.08. The molecule has 0 aliphatic carbocycles. The molecule has 0 fully saturated rings. The Balaban J connectivity index is 2.05. The van der Waals surface area contributed by atoms with Crippen LogP contribution >= 0.6 is 46.6 Å². The quantitative estimate of drug-likeness (QED) is 0.754. The maximum Gasteiger partial charge on any atom is 0.0640 e. The molecule has 0 aromatic heterocycles. The van der Waals surface area contributed by atoms with Gasteiger partial charge in [0.1, 0.15) is 0 Å². The maximum absolute atomic E-state index is 6.15. The fourth-order valence-corrected chi connectivity index (χ4v) is 3.28.